The molecule has 0 aliphatic rings. The lowest BCUT2D eigenvalue weighted by atomic mass is 10.4. The summed E-state index contributed by atoms with van der Waals surface area (Å²) in [4.78, 5) is 12.2. The van der Waals surface area contributed by atoms with Crippen LogP contribution in [0.15, 0.2) is 87.4 Å². The second-order valence-corrected chi connectivity index (χ2v) is 9.56. The summed E-state index contributed by atoms with van der Waals surface area (Å²) in [5.74, 6) is 0. The van der Waals surface area contributed by atoms with Crippen molar-refractivity contribution in [1.29, 1.82) is 0 Å². The molecule has 9 nitrogen and oxygen atoms in total. The van der Waals surface area contributed by atoms with Crippen molar-refractivity contribution in [2.45, 2.75) is 0 Å². The molecular weight excluding hydrogens is 618 g/mol. The van der Waals surface area contributed by atoms with Crippen LogP contribution in [0.5, 0.6) is 0 Å². The number of fused-ring (bicyclic) bond motifs is 3. The third-order valence-corrected chi connectivity index (χ3v) is 5.75. The van der Waals surface area contributed by atoms with Gasteiger partial charge < -0.3 is 30.4 Å². The number of halogens is 3. The highest BCUT2D eigenvalue weighted by Gasteiger charge is 2.00. The smallest absolute Gasteiger partial charge is 0.160 e. The molecule has 6 N–H and O–H groups in total. The Kier molecular flexibility index (Phi) is 6.86. The van der Waals surface area contributed by atoms with Crippen molar-refractivity contribution in [3.8, 4) is 0 Å². The molecule has 0 unspecified atom stereocenters. The minimum atomic E-state index is 0.685. The van der Waals surface area contributed by atoms with E-state index in [-0.39, 0.29) is 0 Å². The number of pyridine rings is 3. The number of nitrogens with zero attached hydrogens (tertiary/aromatic N) is 6. The molecular formula is C21H18Br3N9. The number of aromatic nitrogens is 6. The monoisotopic (exact) mass is 633 g/mol. The Labute approximate surface area is 213 Å². The van der Waals surface area contributed by atoms with Crippen LogP contribution in [-0.4, -0.2) is 28.2 Å². The maximum atomic E-state index is 5.69. The number of anilines is 3. The first-order valence-electron chi connectivity index (χ1n) is 9.45. The fraction of sp³-hybridized carbons (Fsp3) is 0. The number of hydrogen-bond acceptors (Lipinski definition) is 6. The van der Waals surface area contributed by atoms with Crippen LogP contribution in [0.3, 0.4) is 0 Å². The van der Waals surface area contributed by atoms with Gasteiger partial charge in [-0.25, -0.2) is 15.0 Å². The average molecular weight is 636 g/mol. The number of imidazole rings is 3. The maximum absolute atomic E-state index is 5.69. The highest BCUT2D eigenvalue weighted by molar-refractivity contribution is 9.11. The van der Waals surface area contributed by atoms with E-state index < -0.39 is 0 Å². The second-order valence-electron chi connectivity index (χ2n) is 6.82. The Morgan fingerprint density at radius 3 is 1.06 bits per heavy atom. The summed E-state index contributed by atoms with van der Waals surface area (Å²) in [6.45, 7) is 0. The predicted octanol–water partition coefficient (Wildman–Crippen LogP) is 5.04. The summed E-state index contributed by atoms with van der Waals surface area (Å²) in [7, 11) is 0. The zero-order valence-electron chi connectivity index (χ0n) is 17.0. The van der Waals surface area contributed by atoms with Gasteiger partial charge in [-0.2, -0.15) is 0 Å². The van der Waals surface area contributed by atoms with E-state index in [1.54, 1.807) is 18.6 Å². The van der Waals surface area contributed by atoms with Gasteiger partial charge in [-0.15, -0.1) is 0 Å². The van der Waals surface area contributed by atoms with Gasteiger partial charge in [-0.1, -0.05) is 0 Å². The lowest BCUT2D eigenvalue weighted by Gasteiger charge is -1.97. The summed E-state index contributed by atoms with van der Waals surface area (Å²) in [6.07, 6.45) is 16.5. The van der Waals surface area contributed by atoms with E-state index in [2.05, 4.69) is 62.7 Å². The van der Waals surface area contributed by atoms with Crippen LogP contribution in [0, 0.1) is 0 Å². The molecule has 0 bridgehead atoms. The van der Waals surface area contributed by atoms with E-state index in [1.165, 1.54) is 0 Å². The molecule has 0 aromatic carbocycles. The van der Waals surface area contributed by atoms with Gasteiger partial charge in [0.25, 0.3) is 0 Å². The molecule has 12 heteroatoms. The quantitative estimate of drug-likeness (QED) is 0.215. The van der Waals surface area contributed by atoms with Crippen molar-refractivity contribution < 1.29 is 0 Å². The first kappa shape index (κ1) is 23.1. The van der Waals surface area contributed by atoms with Gasteiger partial charge in [0, 0.05) is 69.2 Å². The Bertz CT molecular complexity index is 1370. The van der Waals surface area contributed by atoms with Gasteiger partial charge in [0.05, 0.1) is 17.1 Å². The van der Waals surface area contributed by atoms with Crippen LogP contribution >= 0.6 is 47.8 Å². The van der Waals surface area contributed by atoms with Crippen molar-refractivity contribution in [2.75, 3.05) is 17.2 Å². The van der Waals surface area contributed by atoms with Crippen molar-refractivity contribution >= 4 is 81.8 Å². The molecule has 6 heterocycles. The molecule has 168 valence electrons. The lowest BCUT2D eigenvalue weighted by Crippen LogP contribution is -1.91. The van der Waals surface area contributed by atoms with Crippen LogP contribution in [0.2, 0.25) is 0 Å². The van der Waals surface area contributed by atoms with Crippen molar-refractivity contribution in [1.82, 2.24) is 28.2 Å². The molecule has 0 saturated heterocycles. The molecule has 33 heavy (non-hydrogen) atoms. The standard InChI is InChI=1S/3C7H6BrN3/c3*8-5-3-6(9)7-10-1-2-11(7)4-5/h3*1-4H,9H2. The SMILES string of the molecule is Nc1cc(Br)cn2ccnc12.Nc1cc(Br)cn2ccnc12.Nc1cc(Br)cn2ccnc12. The summed E-state index contributed by atoms with van der Waals surface area (Å²) in [6, 6.07) is 5.51. The third-order valence-electron chi connectivity index (χ3n) is 4.45. The molecule has 0 radical (unpaired) electrons. The van der Waals surface area contributed by atoms with Crippen molar-refractivity contribution in [3.05, 3.63) is 87.4 Å². The molecule has 0 atom stereocenters. The largest absolute Gasteiger partial charge is 0.396 e. The van der Waals surface area contributed by atoms with Crippen LogP contribution in [0.4, 0.5) is 17.1 Å². The Morgan fingerprint density at radius 1 is 0.515 bits per heavy atom. The molecule has 6 aromatic rings. The van der Waals surface area contributed by atoms with Crippen LogP contribution < -0.4 is 17.2 Å². The molecule has 0 aliphatic carbocycles. The minimum absolute atomic E-state index is 0.685. The third kappa shape index (κ3) is 5.29. The van der Waals surface area contributed by atoms with Crippen LogP contribution in [0.1, 0.15) is 0 Å². The fourth-order valence-electron chi connectivity index (χ4n) is 3.07. The van der Waals surface area contributed by atoms with E-state index in [4.69, 9.17) is 17.2 Å². The summed E-state index contributed by atoms with van der Waals surface area (Å²) < 4.78 is 8.50. The molecule has 0 saturated carbocycles. The fourth-order valence-corrected chi connectivity index (χ4v) is 4.47. The molecule has 6 aromatic heterocycles. The number of nitrogen functional groups attached to an aromatic ring is 3. The van der Waals surface area contributed by atoms with E-state index in [0.717, 1.165) is 30.4 Å². The van der Waals surface area contributed by atoms with Gasteiger partial charge >= 0.3 is 0 Å². The highest BCUT2D eigenvalue weighted by atomic mass is 79.9. The van der Waals surface area contributed by atoms with E-state index in [1.807, 2.05) is 68.6 Å². The van der Waals surface area contributed by atoms with Crippen molar-refractivity contribution in [3.63, 3.8) is 0 Å². The Hall–Kier alpha value is -3.09. The normalized spacial score (nSPS) is 10.6. The highest BCUT2D eigenvalue weighted by Crippen LogP contribution is 2.19. The van der Waals surface area contributed by atoms with Crippen molar-refractivity contribution in [2.24, 2.45) is 0 Å². The average Bonchev–Trinajstić information content (AvgIpc) is 3.48. The number of hydrogen-bond donors (Lipinski definition) is 3. The summed E-state index contributed by atoms with van der Waals surface area (Å²) in [5, 5.41) is 0. The summed E-state index contributed by atoms with van der Waals surface area (Å²) >= 11 is 10.0. The Balaban J connectivity index is 0.000000118. The minimum Gasteiger partial charge on any atom is -0.396 e. The topological polar surface area (TPSA) is 130 Å². The first-order valence-corrected chi connectivity index (χ1v) is 11.8. The lowest BCUT2D eigenvalue weighted by molar-refractivity contribution is 1.18. The Morgan fingerprint density at radius 2 is 0.788 bits per heavy atom. The van der Waals surface area contributed by atoms with Gasteiger partial charge in [0.1, 0.15) is 0 Å². The number of rotatable bonds is 0. The molecule has 0 fully saturated rings. The molecule has 6 rings (SSSR count). The molecule has 0 amide bonds. The summed E-state index contributed by atoms with van der Waals surface area (Å²) in [5.41, 5.74) is 21.5. The zero-order valence-corrected chi connectivity index (χ0v) is 21.7. The van der Waals surface area contributed by atoms with Crippen LogP contribution in [-0.2, 0) is 0 Å². The van der Waals surface area contributed by atoms with Gasteiger partial charge in [0.15, 0.2) is 16.9 Å². The van der Waals surface area contributed by atoms with Gasteiger partial charge in [-0.05, 0) is 66.0 Å². The molecule has 0 aliphatic heterocycles. The van der Waals surface area contributed by atoms with Gasteiger partial charge in [-0.3, -0.25) is 0 Å². The van der Waals surface area contributed by atoms with E-state index in [0.29, 0.717) is 17.1 Å². The maximum Gasteiger partial charge on any atom is 0.160 e. The van der Waals surface area contributed by atoms with E-state index >= 15 is 0 Å². The van der Waals surface area contributed by atoms with Crippen LogP contribution in [0.25, 0.3) is 16.9 Å². The second kappa shape index (κ2) is 9.81. The van der Waals surface area contributed by atoms with E-state index in [9.17, 15) is 0 Å². The zero-order chi connectivity index (χ0) is 23.5. The first-order chi connectivity index (χ1) is 15.8. The molecule has 0 spiro atoms. The number of nitrogens with two attached hydrogens (primary N) is 3. The van der Waals surface area contributed by atoms with Gasteiger partial charge in [0.2, 0.25) is 0 Å². The predicted molar refractivity (Wildman–Crippen MR) is 142 cm³/mol.